The molecule has 0 bridgehead atoms. The lowest BCUT2D eigenvalue weighted by molar-refractivity contribution is -0.137. The Morgan fingerprint density at radius 2 is 1.92 bits per heavy atom. The van der Waals surface area contributed by atoms with Gasteiger partial charge in [-0.3, -0.25) is 9.78 Å². The predicted octanol–water partition coefficient (Wildman–Crippen LogP) is 2.84. The molecule has 1 saturated carbocycles. The number of aromatic nitrogens is 4. The van der Waals surface area contributed by atoms with E-state index in [0.717, 1.165) is 62.4 Å². The van der Waals surface area contributed by atoms with E-state index in [2.05, 4.69) is 24.8 Å². The molecule has 0 unspecified atom stereocenters. The third-order valence-corrected chi connectivity index (χ3v) is 5.51. The molecule has 1 aliphatic carbocycles. The van der Waals surface area contributed by atoms with Gasteiger partial charge in [0.15, 0.2) is 5.82 Å². The number of aromatic amines is 1. The maximum absolute atomic E-state index is 12.7. The van der Waals surface area contributed by atoms with Crippen molar-refractivity contribution in [2.75, 3.05) is 13.1 Å². The molecule has 25 heavy (non-hydrogen) atoms. The van der Waals surface area contributed by atoms with E-state index in [1.807, 2.05) is 0 Å². The van der Waals surface area contributed by atoms with E-state index in [0.29, 0.717) is 11.8 Å². The van der Waals surface area contributed by atoms with Crippen LogP contribution in [-0.2, 0) is 11.2 Å². The molecule has 2 aromatic heterocycles. The first-order valence-electron chi connectivity index (χ1n) is 9.39. The van der Waals surface area contributed by atoms with Crippen LogP contribution in [-0.4, -0.2) is 43.8 Å². The van der Waals surface area contributed by atoms with Crippen molar-refractivity contribution in [3.8, 4) is 11.5 Å². The minimum Gasteiger partial charge on any atom is -0.343 e. The summed E-state index contributed by atoms with van der Waals surface area (Å²) in [5, 5.41) is 0. The number of piperidine rings is 1. The largest absolute Gasteiger partial charge is 0.343 e. The van der Waals surface area contributed by atoms with Crippen molar-refractivity contribution in [2.45, 2.75) is 44.9 Å². The summed E-state index contributed by atoms with van der Waals surface area (Å²) in [7, 11) is 0. The Hall–Kier alpha value is -2.24. The summed E-state index contributed by atoms with van der Waals surface area (Å²) in [5.74, 6) is 1.86. The van der Waals surface area contributed by atoms with Gasteiger partial charge in [0.05, 0.1) is 5.69 Å². The van der Waals surface area contributed by atoms with Crippen molar-refractivity contribution < 1.29 is 4.79 Å². The van der Waals surface area contributed by atoms with E-state index in [1.54, 1.807) is 24.8 Å². The van der Waals surface area contributed by atoms with Crippen LogP contribution in [0.5, 0.6) is 0 Å². The van der Waals surface area contributed by atoms with Gasteiger partial charge < -0.3 is 9.88 Å². The quantitative estimate of drug-likeness (QED) is 0.929. The van der Waals surface area contributed by atoms with Crippen LogP contribution in [0.15, 0.2) is 24.8 Å². The molecule has 4 rings (SSSR count). The Labute approximate surface area is 148 Å². The van der Waals surface area contributed by atoms with Gasteiger partial charge in [0.2, 0.25) is 5.91 Å². The lowest BCUT2D eigenvalue weighted by Crippen LogP contribution is -2.43. The highest BCUT2D eigenvalue weighted by molar-refractivity contribution is 5.79. The zero-order valence-corrected chi connectivity index (χ0v) is 14.5. The molecular formula is C19H25N5O. The molecule has 1 aliphatic heterocycles. The molecular weight excluding hydrogens is 314 g/mol. The summed E-state index contributed by atoms with van der Waals surface area (Å²) in [6, 6.07) is 0. The van der Waals surface area contributed by atoms with E-state index < -0.39 is 0 Å². The molecule has 0 aromatic carbocycles. The normalized spacial score (nSPS) is 21.6. The van der Waals surface area contributed by atoms with Crippen molar-refractivity contribution >= 4 is 5.91 Å². The molecule has 6 heteroatoms. The molecule has 132 valence electrons. The van der Waals surface area contributed by atoms with E-state index in [1.165, 1.54) is 12.8 Å². The second-order valence-electron chi connectivity index (χ2n) is 7.27. The number of imidazole rings is 1. The van der Waals surface area contributed by atoms with Gasteiger partial charge in [-0.05, 0) is 38.0 Å². The summed E-state index contributed by atoms with van der Waals surface area (Å²) >= 11 is 0. The Morgan fingerprint density at radius 3 is 2.72 bits per heavy atom. The molecule has 1 amide bonds. The third-order valence-electron chi connectivity index (χ3n) is 5.51. The molecule has 2 aliphatic rings. The lowest BCUT2D eigenvalue weighted by atomic mass is 9.91. The number of hydrogen-bond donors (Lipinski definition) is 1. The number of carbonyl (C=O) groups is 1. The van der Waals surface area contributed by atoms with Crippen LogP contribution in [0.3, 0.4) is 0 Å². The smallest absolute Gasteiger partial charge is 0.225 e. The molecule has 1 atom stereocenters. The highest BCUT2D eigenvalue weighted by atomic mass is 16.2. The van der Waals surface area contributed by atoms with E-state index in [-0.39, 0.29) is 5.92 Å². The number of amides is 1. The van der Waals surface area contributed by atoms with Gasteiger partial charge in [-0.1, -0.05) is 12.8 Å². The number of hydrogen-bond acceptors (Lipinski definition) is 4. The second kappa shape index (κ2) is 7.33. The Balaban J connectivity index is 1.45. The second-order valence-corrected chi connectivity index (χ2v) is 7.27. The minimum absolute atomic E-state index is 0.272. The van der Waals surface area contributed by atoms with Crippen LogP contribution in [0.4, 0.5) is 0 Å². The summed E-state index contributed by atoms with van der Waals surface area (Å²) < 4.78 is 0. The Bertz CT molecular complexity index is 708. The number of likely N-dealkylation sites (tertiary alicyclic amines) is 1. The molecule has 2 aromatic rings. The summed E-state index contributed by atoms with van der Waals surface area (Å²) in [6.07, 6.45) is 14.6. The molecule has 2 fully saturated rings. The number of nitrogens with zero attached hydrogens (tertiary/aromatic N) is 4. The first-order chi connectivity index (χ1) is 12.3. The first kappa shape index (κ1) is 16.2. The van der Waals surface area contributed by atoms with E-state index in [9.17, 15) is 4.79 Å². The number of H-pyrrole nitrogens is 1. The Morgan fingerprint density at radius 1 is 1.08 bits per heavy atom. The summed E-state index contributed by atoms with van der Waals surface area (Å²) in [6.45, 7) is 1.76. The lowest BCUT2D eigenvalue weighted by Gasteiger charge is -2.34. The first-order valence-corrected chi connectivity index (χ1v) is 9.39. The van der Waals surface area contributed by atoms with Crippen LogP contribution < -0.4 is 0 Å². The van der Waals surface area contributed by atoms with Crippen LogP contribution in [0.2, 0.25) is 0 Å². The molecule has 0 spiro atoms. The van der Waals surface area contributed by atoms with Crippen molar-refractivity contribution in [2.24, 2.45) is 11.8 Å². The fourth-order valence-corrected chi connectivity index (χ4v) is 4.25. The maximum atomic E-state index is 12.7. The maximum Gasteiger partial charge on any atom is 0.225 e. The van der Waals surface area contributed by atoms with Crippen LogP contribution in [0.25, 0.3) is 11.5 Å². The average Bonchev–Trinajstić information content (AvgIpc) is 3.36. The monoisotopic (exact) mass is 339 g/mol. The summed E-state index contributed by atoms with van der Waals surface area (Å²) in [4.78, 5) is 31.3. The van der Waals surface area contributed by atoms with Crippen LogP contribution >= 0.6 is 0 Å². The number of carbonyl (C=O) groups excluding carboxylic acids is 1. The van der Waals surface area contributed by atoms with Crippen LogP contribution in [0, 0.1) is 11.8 Å². The molecule has 1 saturated heterocycles. The Kier molecular flexibility index (Phi) is 4.76. The SMILES string of the molecule is O=C(C1CCCC1)N1CCC[C@H](Cc2nccnc2-c2ncc[nH]2)C1. The topological polar surface area (TPSA) is 74.8 Å². The van der Waals surface area contributed by atoms with Crippen molar-refractivity contribution in [1.82, 2.24) is 24.8 Å². The standard InChI is InChI=1S/C19H25N5O/c25-19(15-5-1-2-6-15)24-11-3-4-14(13-24)12-16-17(21-8-7-20-16)18-22-9-10-23-18/h7-10,14-15H,1-6,11-13H2,(H,22,23)/t14-/m1/s1. The molecule has 3 heterocycles. The van der Waals surface area contributed by atoms with Gasteiger partial charge in [0.1, 0.15) is 5.69 Å². The van der Waals surface area contributed by atoms with Crippen LogP contribution in [0.1, 0.15) is 44.2 Å². The van der Waals surface area contributed by atoms with Gasteiger partial charge >= 0.3 is 0 Å². The fourth-order valence-electron chi connectivity index (χ4n) is 4.25. The molecule has 6 nitrogen and oxygen atoms in total. The van der Waals surface area contributed by atoms with Gasteiger partial charge in [-0.25, -0.2) is 9.97 Å². The fraction of sp³-hybridized carbons (Fsp3) is 0.579. The molecule has 0 radical (unpaired) electrons. The zero-order chi connectivity index (χ0) is 17.1. The number of nitrogens with one attached hydrogen (secondary N) is 1. The third kappa shape index (κ3) is 3.57. The van der Waals surface area contributed by atoms with Gasteiger partial charge in [-0.15, -0.1) is 0 Å². The zero-order valence-electron chi connectivity index (χ0n) is 14.5. The minimum atomic E-state index is 0.272. The summed E-state index contributed by atoms with van der Waals surface area (Å²) in [5.41, 5.74) is 1.80. The van der Waals surface area contributed by atoms with Gasteiger partial charge in [0.25, 0.3) is 0 Å². The highest BCUT2D eigenvalue weighted by Gasteiger charge is 2.31. The van der Waals surface area contributed by atoms with Crippen molar-refractivity contribution in [3.63, 3.8) is 0 Å². The highest BCUT2D eigenvalue weighted by Crippen LogP contribution is 2.29. The van der Waals surface area contributed by atoms with Gasteiger partial charge in [-0.2, -0.15) is 0 Å². The van der Waals surface area contributed by atoms with E-state index >= 15 is 0 Å². The molecule has 1 N–H and O–H groups in total. The van der Waals surface area contributed by atoms with E-state index in [4.69, 9.17) is 0 Å². The van der Waals surface area contributed by atoms with Gasteiger partial charge in [0, 0.05) is 43.8 Å². The predicted molar refractivity (Wildman–Crippen MR) is 94.6 cm³/mol. The average molecular weight is 339 g/mol. The van der Waals surface area contributed by atoms with Crippen molar-refractivity contribution in [1.29, 1.82) is 0 Å². The number of rotatable bonds is 4. The van der Waals surface area contributed by atoms with Crippen molar-refractivity contribution in [3.05, 3.63) is 30.5 Å².